The van der Waals surface area contributed by atoms with E-state index in [1.807, 2.05) is 0 Å². The number of carboxylic acid groups (broad SMARTS) is 1. The molecule has 0 aromatic carbocycles. The zero-order valence-corrected chi connectivity index (χ0v) is 13.3. The maximum absolute atomic E-state index is 10.7. The van der Waals surface area contributed by atoms with Crippen molar-refractivity contribution in [3.8, 4) is 0 Å². The van der Waals surface area contributed by atoms with Gasteiger partial charge in [-0.1, -0.05) is 64.0 Å². The second kappa shape index (κ2) is 14.6. The first-order valence-corrected chi connectivity index (χ1v) is 8.13. The van der Waals surface area contributed by atoms with Crippen LogP contribution in [0.25, 0.3) is 0 Å². The number of aliphatic carboxylic acids is 1. The molecule has 0 unspecified atom stereocenters. The fourth-order valence-electron chi connectivity index (χ4n) is 2.22. The predicted octanol–water partition coefficient (Wildman–Crippen LogP) is 4.95. The predicted molar refractivity (Wildman–Crippen MR) is 84.0 cm³/mol. The molecule has 0 aromatic heterocycles. The van der Waals surface area contributed by atoms with E-state index in [-0.39, 0.29) is 0 Å². The highest BCUT2D eigenvalue weighted by molar-refractivity contribution is 5.72. The largest absolute Gasteiger partial charge is 0.479 e. The maximum Gasteiger partial charge on any atom is 0.332 e. The van der Waals surface area contributed by atoms with E-state index < -0.39 is 12.1 Å². The van der Waals surface area contributed by atoms with Crippen LogP contribution in [-0.2, 0) is 9.53 Å². The van der Waals surface area contributed by atoms with Crippen LogP contribution in [0, 0.1) is 0 Å². The first kappa shape index (κ1) is 19.2. The lowest BCUT2D eigenvalue weighted by Crippen LogP contribution is -2.21. The molecule has 0 saturated heterocycles. The zero-order chi connectivity index (χ0) is 15.1. The third-order valence-corrected chi connectivity index (χ3v) is 3.55. The molecular weight excluding hydrogens is 252 g/mol. The molecule has 20 heavy (non-hydrogen) atoms. The van der Waals surface area contributed by atoms with Crippen molar-refractivity contribution in [2.24, 2.45) is 0 Å². The first-order valence-electron chi connectivity index (χ1n) is 8.13. The number of ether oxygens (including phenoxy) is 1. The molecule has 0 aliphatic rings. The lowest BCUT2D eigenvalue weighted by atomic mass is 10.1. The normalized spacial score (nSPS) is 12.9. The van der Waals surface area contributed by atoms with Crippen molar-refractivity contribution in [1.82, 2.24) is 0 Å². The molecule has 0 saturated carbocycles. The van der Waals surface area contributed by atoms with Crippen LogP contribution >= 0.6 is 0 Å². The lowest BCUT2D eigenvalue weighted by Gasteiger charge is -2.07. The van der Waals surface area contributed by atoms with Gasteiger partial charge in [0.25, 0.3) is 0 Å². The summed E-state index contributed by atoms with van der Waals surface area (Å²) in [5, 5.41) is 8.80. The van der Waals surface area contributed by atoms with E-state index in [2.05, 4.69) is 19.1 Å². The lowest BCUT2D eigenvalue weighted by molar-refractivity contribution is -0.148. The summed E-state index contributed by atoms with van der Waals surface area (Å²) in [6.07, 6.45) is 16.8. The van der Waals surface area contributed by atoms with Crippen LogP contribution in [0.1, 0.15) is 77.6 Å². The number of carbonyl (C=O) groups is 1. The highest BCUT2D eigenvalue weighted by Gasteiger charge is 2.14. The number of unbranched alkanes of at least 4 members (excludes halogenated alkanes) is 8. The van der Waals surface area contributed by atoms with Crippen LogP contribution in [0.3, 0.4) is 0 Å². The van der Waals surface area contributed by atoms with Crippen molar-refractivity contribution in [2.75, 3.05) is 7.11 Å². The molecule has 0 aliphatic heterocycles. The standard InChI is InChI=1S/C17H32O3/c1-3-4-5-6-7-8-9-10-11-12-13-14-15-16(20-2)17(18)19/h12-13,16H,3-11,14-15H2,1-2H3,(H,18,19)/b13-12-/t16-/m0/s1. The van der Waals surface area contributed by atoms with Gasteiger partial charge in [-0.25, -0.2) is 4.79 Å². The molecule has 1 atom stereocenters. The number of rotatable bonds is 14. The van der Waals surface area contributed by atoms with Gasteiger partial charge in [0.2, 0.25) is 0 Å². The van der Waals surface area contributed by atoms with Crippen molar-refractivity contribution in [3.05, 3.63) is 12.2 Å². The Hall–Kier alpha value is -0.830. The van der Waals surface area contributed by atoms with Gasteiger partial charge in [0.05, 0.1) is 0 Å². The van der Waals surface area contributed by atoms with Crippen molar-refractivity contribution in [2.45, 2.75) is 83.7 Å². The Morgan fingerprint density at radius 3 is 2.10 bits per heavy atom. The number of methoxy groups -OCH3 is 1. The van der Waals surface area contributed by atoms with Gasteiger partial charge in [-0.3, -0.25) is 0 Å². The molecule has 118 valence electrons. The first-order chi connectivity index (χ1) is 9.72. The summed E-state index contributed by atoms with van der Waals surface area (Å²) >= 11 is 0. The summed E-state index contributed by atoms with van der Waals surface area (Å²) in [5.41, 5.74) is 0. The third kappa shape index (κ3) is 12.2. The summed E-state index contributed by atoms with van der Waals surface area (Å²) in [7, 11) is 1.45. The smallest absolute Gasteiger partial charge is 0.332 e. The number of carboxylic acids is 1. The van der Waals surface area contributed by atoms with Crippen molar-refractivity contribution < 1.29 is 14.6 Å². The number of hydrogen-bond acceptors (Lipinski definition) is 2. The van der Waals surface area contributed by atoms with Crippen LogP contribution < -0.4 is 0 Å². The van der Waals surface area contributed by atoms with Gasteiger partial charge in [0.15, 0.2) is 6.10 Å². The van der Waals surface area contributed by atoms with Crippen LogP contribution in [0.5, 0.6) is 0 Å². The van der Waals surface area contributed by atoms with Gasteiger partial charge >= 0.3 is 5.97 Å². The van der Waals surface area contributed by atoms with Gasteiger partial charge in [0.1, 0.15) is 0 Å². The monoisotopic (exact) mass is 284 g/mol. The summed E-state index contributed by atoms with van der Waals surface area (Å²) in [5.74, 6) is -0.871. The fraction of sp³-hybridized carbons (Fsp3) is 0.824. The van der Waals surface area contributed by atoms with Gasteiger partial charge in [-0.05, 0) is 25.7 Å². The molecule has 0 aromatic rings. The molecule has 0 heterocycles. The molecule has 0 bridgehead atoms. The van der Waals surface area contributed by atoms with Crippen LogP contribution in [0.2, 0.25) is 0 Å². The highest BCUT2D eigenvalue weighted by atomic mass is 16.5. The van der Waals surface area contributed by atoms with Crippen LogP contribution in [0.4, 0.5) is 0 Å². The van der Waals surface area contributed by atoms with E-state index >= 15 is 0 Å². The van der Waals surface area contributed by atoms with E-state index in [9.17, 15) is 4.79 Å². The second-order valence-corrected chi connectivity index (χ2v) is 5.37. The molecule has 3 nitrogen and oxygen atoms in total. The molecule has 0 radical (unpaired) electrons. The number of allylic oxidation sites excluding steroid dienone is 2. The van der Waals surface area contributed by atoms with E-state index in [0.717, 1.165) is 12.8 Å². The van der Waals surface area contributed by atoms with Crippen LogP contribution in [0.15, 0.2) is 12.2 Å². The molecule has 3 heteroatoms. The van der Waals surface area contributed by atoms with Gasteiger partial charge in [-0.15, -0.1) is 0 Å². The average molecular weight is 284 g/mol. The quantitative estimate of drug-likeness (QED) is 0.362. The molecular formula is C17H32O3. The topological polar surface area (TPSA) is 46.5 Å². The summed E-state index contributed by atoms with van der Waals surface area (Å²) in [6.45, 7) is 2.25. The van der Waals surface area contributed by atoms with E-state index in [0.29, 0.717) is 6.42 Å². The summed E-state index contributed by atoms with van der Waals surface area (Å²) in [4.78, 5) is 10.7. The molecule has 0 fully saturated rings. The Kier molecular flexibility index (Phi) is 14.0. The van der Waals surface area contributed by atoms with Gasteiger partial charge < -0.3 is 9.84 Å². The van der Waals surface area contributed by atoms with E-state index in [4.69, 9.17) is 9.84 Å². The Morgan fingerprint density at radius 2 is 1.55 bits per heavy atom. The molecule has 0 spiro atoms. The summed E-state index contributed by atoms with van der Waals surface area (Å²) in [6, 6.07) is 0. The van der Waals surface area contributed by atoms with Crippen LogP contribution in [-0.4, -0.2) is 24.3 Å². The number of hydrogen-bond donors (Lipinski definition) is 1. The Labute approximate surface area is 124 Å². The molecule has 0 amide bonds. The highest BCUT2D eigenvalue weighted by Crippen LogP contribution is 2.10. The molecule has 1 N–H and O–H groups in total. The minimum atomic E-state index is -0.871. The fourth-order valence-corrected chi connectivity index (χ4v) is 2.22. The SMILES string of the molecule is CCCCCCCCCC/C=C\CC[C@H](OC)C(=O)O. The minimum Gasteiger partial charge on any atom is -0.479 e. The van der Waals surface area contributed by atoms with Gasteiger partial charge in [-0.2, -0.15) is 0 Å². The average Bonchev–Trinajstić information content (AvgIpc) is 2.43. The second-order valence-electron chi connectivity index (χ2n) is 5.37. The Balaban J connectivity index is 3.29. The van der Waals surface area contributed by atoms with Crippen molar-refractivity contribution in [3.63, 3.8) is 0 Å². The zero-order valence-electron chi connectivity index (χ0n) is 13.3. The van der Waals surface area contributed by atoms with E-state index in [1.54, 1.807) is 0 Å². The Bertz CT molecular complexity index is 249. The molecule has 0 aliphatic carbocycles. The van der Waals surface area contributed by atoms with Crippen molar-refractivity contribution >= 4 is 5.97 Å². The molecule has 0 rings (SSSR count). The minimum absolute atomic E-state index is 0.555. The van der Waals surface area contributed by atoms with Gasteiger partial charge in [0, 0.05) is 7.11 Å². The summed E-state index contributed by atoms with van der Waals surface area (Å²) < 4.78 is 4.88. The Morgan fingerprint density at radius 1 is 1.00 bits per heavy atom. The maximum atomic E-state index is 10.7. The van der Waals surface area contributed by atoms with E-state index in [1.165, 1.54) is 58.5 Å². The third-order valence-electron chi connectivity index (χ3n) is 3.55. The van der Waals surface area contributed by atoms with Crippen molar-refractivity contribution in [1.29, 1.82) is 0 Å².